The maximum atomic E-state index is 11.7. The average molecular weight is 249 g/mol. The topological polar surface area (TPSA) is 49.3 Å². The van der Waals surface area contributed by atoms with E-state index in [0.29, 0.717) is 18.8 Å². The fourth-order valence-electron chi connectivity index (χ4n) is 1.81. The largest absolute Gasteiger partial charge is 0.394 e. The molecule has 100 valence electrons. The summed E-state index contributed by atoms with van der Waals surface area (Å²) in [5.41, 5.74) is 1.13. The van der Waals surface area contributed by atoms with Crippen molar-refractivity contribution in [2.75, 3.05) is 6.61 Å². The smallest absolute Gasteiger partial charge is 0.220 e. The molecule has 1 aromatic carbocycles. The first-order valence-electron chi connectivity index (χ1n) is 6.59. The van der Waals surface area contributed by atoms with E-state index in [9.17, 15) is 9.90 Å². The van der Waals surface area contributed by atoms with Crippen LogP contribution in [0.4, 0.5) is 0 Å². The van der Waals surface area contributed by atoms with Crippen LogP contribution in [0.1, 0.15) is 32.3 Å². The minimum Gasteiger partial charge on any atom is -0.394 e. The van der Waals surface area contributed by atoms with Gasteiger partial charge in [-0.15, -0.1) is 0 Å². The Bertz CT molecular complexity index is 351. The van der Waals surface area contributed by atoms with E-state index in [0.717, 1.165) is 12.0 Å². The van der Waals surface area contributed by atoms with E-state index in [1.807, 2.05) is 30.3 Å². The minimum atomic E-state index is -0.191. The van der Waals surface area contributed by atoms with Gasteiger partial charge in [-0.3, -0.25) is 4.79 Å². The lowest BCUT2D eigenvalue weighted by Crippen LogP contribution is -2.39. The Hall–Kier alpha value is -1.35. The predicted octanol–water partition coefficient (Wildman–Crippen LogP) is 2.14. The molecule has 0 aromatic heterocycles. The molecule has 1 rings (SSSR count). The highest BCUT2D eigenvalue weighted by Gasteiger charge is 2.13. The summed E-state index contributed by atoms with van der Waals surface area (Å²) in [6.45, 7) is 4.11. The van der Waals surface area contributed by atoms with Gasteiger partial charge in [0.2, 0.25) is 5.91 Å². The van der Waals surface area contributed by atoms with E-state index in [2.05, 4.69) is 19.2 Å². The standard InChI is InChI=1S/C15H23NO2/c1-3-12(2)9-15(18)16-14(11-17)10-13-7-5-4-6-8-13/h4-8,12,14,17H,3,9-11H2,1-2H3,(H,16,18). The molecule has 0 aliphatic heterocycles. The highest BCUT2D eigenvalue weighted by Crippen LogP contribution is 2.07. The summed E-state index contributed by atoms with van der Waals surface area (Å²) in [6, 6.07) is 9.70. The first-order chi connectivity index (χ1) is 8.65. The Balaban J connectivity index is 2.45. The molecule has 0 fully saturated rings. The Morgan fingerprint density at radius 1 is 1.33 bits per heavy atom. The van der Waals surface area contributed by atoms with E-state index in [-0.39, 0.29) is 18.6 Å². The van der Waals surface area contributed by atoms with Gasteiger partial charge in [0.1, 0.15) is 0 Å². The van der Waals surface area contributed by atoms with E-state index >= 15 is 0 Å². The number of amides is 1. The minimum absolute atomic E-state index is 0.0266. The van der Waals surface area contributed by atoms with Gasteiger partial charge in [0.25, 0.3) is 0 Å². The number of nitrogens with one attached hydrogen (secondary N) is 1. The molecule has 3 heteroatoms. The lowest BCUT2D eigenvalue weighted by Gasteiger charge is -2.17. The van der Waals surface area contributed by atoms with Gasteiger partial charge >= 0.3 is 0 Å². The maximum Gasteiger partial charge on any atom is 0.220 e. The predicted molar refractivity (Wildman–Crippen MR) is 73.2 cm³/mol. The molecule has 2 atom stereocenters. The summed E-state index contributed by atoms with van der Waals surface area (Å²) in [5, 5.41) is 12.2. The van der Waals surface area contributed by atoms with Gasteiger partial charge in [-0.25, -0.2) is 0 Å². The number of aliphatic hydroxyl groups excluding tert-OH is 1. The lowest BCUT2D eigenvalue weighted by atomic mass is 10.0. The molecule has 0 saturated carbocycles. The fraction of sp³-hybridized carbons (Fsp3) is 0.533. The quantitative estimate of drug-likeness (QED) is 0.778. The Labute approximate surface area is 109 Å². The van der Waals surface area contributed by atoms with Crippen LogP contribution in [0.5, 0.6) is 0 Å². The SMILES string of the molecule is CCC(C)CC(=O)NC(CO)Cc1ccccc1. The van der Waals surface area contributed by atoms with Crippen molar-refractivity contribution in [3.8, 4) is 0 Å². The Kier molecular flexibility index (Phi) is 6.44. The van der Waals surface area contributed by atoms with Crippen LogP contribution in [0.2, 0.25) is 0 Å². The second kappa shape index (κ2) is 7.88. The summed E-state index contributed by atoms with van der Waals surface area (Å²) < 4.78 is 0. The van der Waals surface area contributed by atoms with Crippen molar-refractivity contribution in [1.82, 2.24) is 5.32 Å². The van der Waals surface area contributed by atoms with Crippen molar-refractivity contribution >= 4 is 5.91 Å². The average Bonchev–Trinajstić information content (AvgIpc) is 2.38. The normalized spacial score (nSPS) is 13.9. The van der Waals surface area contributed by atoms with E-state index in [4.69, 9.17) is 0 Å². The van der Waals surface area contributed by atoms with Crippen molar-refractivity contribution < 1.29 is 9.90 Å². The zero-order valence-corrected chi connectivity index (χ0v) is 11.2. The van der Waals surface area contributed by atoms with Crippen molar-refractivity contribution in [2.45, 2.75) is 39.2 Å². The highest BCUT2D eigenvalue weighted by molar-refractivity contribution is 5.76. The molecule has 18 heavy (non-hydrogen) atoms. The molecule has 0 bridgehead atoms. The van der Waals surface area contributed by atoms with E-state index in [1.54, 1.807) is 0 Å². The second-order valence-electron chi connectivity index (χ2n) is 4.85. The number of carbonyl (C=O) groups is 1. The first kappa shape index (κ1) is 14.7. The highest BCUT2D eigenvalue weighted by atomic mass is 16.3. The number of hydrogen-bond acceptors (Lipinski definition) is 2. The molecule has 3 nitrogen and oxygen atoms in total. The van der Waals surface area contributed by atoms with Gasteiger partial charge in [-0.1, -0.05) is 50.6 Å². The molecule has 0 aliphatic carbocycles. The number of rotatable bonds is 7. The van der Waals surface area contributed by atoms with Crippen LogP contribution in [-0.4, -0.2) is 23.7 Å². The summed E-state index contributed by atoms with van der Waals surface area (Å²) in [7, 11) is 0. The summed E-state index contributed by atoms with van der Waals surface area (Å²) in [4.78, 5) is 11.7. The van der Waals surface area contributed by atoms with Crippen LogP contribution in [0.25, 0.3) is 0 Å². The molecular formula is C15H23NO2. The van der Waals surface area contributed by atoms with Crippen molar-refractivity contribution in [2.24, 2.45) is 5.92 Å². The lowest BCUT2D eigenvalue weighted by molar-refractivity contribution is -0.122. The van der Waals surface area contributed by atoms with Gasteiger partial charge in [0.15, 0.2) is 0 Å². The van der Waals surface area contributed by atoms with Crippen molar-refractivity contribution in [1.29, 1.82) is 0 Å². The van der Waals surface area contributed by atoms with Gasteiger partial charge in [-0.05, 0) is 17.9 Å². The molecule has 0 saturated heterocycles. The maximum absolute atomic E-state index is 11.7. The van der Waals surface area contributed by atoms with Crippen LogP contribution >= 0.6 is 0 Å². The zero-order valence-electron chi connectivity index (χ0n) is 11.2. The van der Waals surface area contributed by atoms with Gasteiger partial charge in [0.05, 0.1) is 12.6 Å². The molecule has 1 amide bonds. The number of hydrogen-bond donors (Lipinski definition) is 2. The van der Waals surface area contributed by atoms with Crippen LogP contribution < -0.4 is 5.32 Å². The van der Waals surface area contributed by atoms with Gasteiger partial charge < -0.3 is 10.4 Å². The molecule has 2 N–H and O–H groups in total. The molecule has 1 aromatic rings. The fourth-order valence-corrected chi connectivity index (χ4v) is 1.81. The monoisotopic (exact) mass is 249 g/mol. The number of aliphatic hydroxyl groups is 1. The first-order valence-corrected chi connectivity index (χ1v) is 6.59. The summed E-state index contributed by atoms with van der Waals surface area (Å²) in [5.74, 6) is 0.417. The molecule has 2 unspecified atom stereocenters. The third-order valence-electron chi connectivity index (χ3n) is 3.14. The van der Waals surface area contributed by atoms with Gasteiger partial charge in [0, 0.05) is 6.42 Å². The van der Waals surface area contributed by atoms with Crippen molar-refractivity contribution in [3.05, 3.63) is 35.9 Å². The number of carbonyl (C=O) groups excluding carboxylic acids is 1. The molecule has 0 heterocycles. The third kappa shape index (κ3) is 5.32. The molecular weight excluding hydrogens is 226 g/mol. The molecule has 0 aliphatic rings. The molecule has 0 radical (unpaired) electrons. The second-order valence-corrected chi connectivity index (χ2v) is 4.85. The van der Waals surface area contributed by atoms with E-state index in [1.165, 1.54) is 0 Å². The Morgan fingerprint density at radius 2 is 2.00 bits per heavy atom. The molecule has 0 spiro atoms. The van der Waals surface area contributed by atoms with Crippen LogP contribution in [0.3, 0.4) is 0 Å². The third-order valence-corrected chi connectivity index (χ3v) is 3.14. The van der Waals surface area contributed by atoms with Crippen molar-refractivity contribution in [3.63, 3.8) is 0 Å². The van der Waals surface area contributed by atoms with Crippen LogP contribution in [-0.2, 0) is 11.2 Å². The van der Waals surface area contributed by atoms with Gasteiger partial charge in [-0.2, -0.15) is 0 Å². The zero-order chi connectivity index (χ0) is 13.4. The summed E-state index contributed by atoms with van der Waals surface area (Å²) >= 11 is 0. The van der Waals surface area contributed by atoms with E-state index < -0.39 is 0 Å². The number of benzene rings is 1. The Morgan fingerprint density at radius 3 is 2.56 bits per heavy atom. The van der Waals surface area contributed by atoms with Crippen LogP contribution in [0.15, 0.2) is 30.3 Å². The summed E-state index contributed by atoms with van der Waals surface area (Å²) in [6.07, 6.45) is 2.20. The van der Waals surface area contributed by atoms with Crippen LogP contribution in [0, 0.1) is 5.92 Å².